The van der Waals surface area contributed by atoms with E-state index in [1.165, 1.54) is 25.7 Å². The largest absolute Gasteiger partial charge is 0.394 e. The van der Waals surface area contributed by atoms with Gasteiger partial charge in [-0.1, -0.05) is 12.8 Å². The van der Waals surface area contributed by atoms with E-state index in [0.29, 0.717) is 11.9 Å². The molecular formula is C9H16N4O. The van der Waals surface area contributed by atoms with E-state index < -0.39 is 6.04 Å². The van der Waals surface area contributed by atoms with Crippen molar-refractivity contribution in [2.75, 3.05) is 6.61 Å². The molecule has 14 heavy (non-hydrogen) atoms. The fraction of sp³-hybridized carbons (Fsp3) is 0.778. The average Bonchev–Trinajstić information content (AvgIpc) is 2.85. The summed E-state index contributed by atoms with van der Waals surface area (Å²) in [6, 6.07) is 0.0794. The number of nitrogens with two attached hydrogens (primary N) is 1. The summed E-state index contributed by atoms with van der Waals surface area (Å²) in [6.07, 6.45) is 6.58. The number of aliphatic hydroxyl groups excluding tert-OH is 1. The van der Waals surface area contributed by atoms with Crippen LogP contribution in [0.4, 0.5) is 0 Å². The molecule has 2 rings (SSSR count). The molecule has 5 nitrogen and oxygen atoms in total. The molecule has 0 saturated heterocycles. The fourth-order valence-corrected chi connectivity index (χ4v) is 2.06. The molecule has 0 aromatic carbocycles. The second-order valence-corrected chi connectivity index (χ2v) is 3.82. The first kappa shape index (κ1) is 9.61. The van der Waals surface area contributed by atoms with E-state index >= 15 is 0 Å². The monoisotopic (exact) mass is 196 g/mol. The maximum atomic E-state index is 8.97. The smallest absolute Gasteiger partial charge is 0.152 e. The van der Waals surface area contributed by atoms with Crippen molar-refractivity contribution in [2.24, 2.45) is 5.73 Å². The third-order valence-electron chi connectivity index (χ3n) is 2.85. The summed E-state index contributed by atoms with van der Waals surface area (Å²) >= 11 is 0. The lowest BCUT2D eigenvalue weighted by molar-refractivity contribution is 0.258. The second kappa shape index (κ2) is 4.06. The topological polar surface area (TPSA) is 77.0 Å². The zero-order chi connectivity index (χ0) is 9.97. The minimum atomic E-state index is -0.405. The quantitative estimate of drug-likeness (QED) is 0.733. The number of nitrogens with zero attached hydrogens (tertiary/aromatic N) is 3. The Morgan fingerprint density at radius 1 is 1.57 bits per heavy atom. The zero-order valence-corrected chi connectivity index (χ0v) is 8.13. The van der Waals surface area contributed by atoms with Crippen molar-refractivity contribution in [3.05, 3.63) is 12.2 Å². The first-order chi connectivity index (χ1) is 6.83. The Hall–Kier alpha value is -0.940. The second-order valence-electron chi connectivity index (χ2n) is 3.82. The van der Waals surface area contributed by atoms with Gasteiger partial charge in [0.05, 0.1) is 12.6 Å². The molecular weight excluding hydrogens is 180 g/mol. The van der Waals surface area contributed by atoms with Crippen LogP contribution in [0, 0.1) is 0 Å². The summed E-state index contributed by atoms with van der Waals surface area (Å²) in [5.41, 5.74) is 5.73. The standard InChI is InChI=1S/C9H16N4O/c10-8(5-14)9-12-11-6-13(9)7-3-1-2-4-7/h6-8,14H,1-5,10H2. The van der Waals surface area contributed by atoms with E-state index in [4.69, 9.17) is 10.8 Å². The van der Waals surface area contributed by atoms with Crippen molar-refractivity contribution in [1.29, 1.82) is 0 Å². The Balaban J connectivity index is 2.19. The Morgan fingerprint density at radius 3 is 2.93 bits per heavy atom. The Morgan fingerprint density at radius 2 is 2.29 bits per heavy atom. The van der Waals surface area contributed by atoms with Crippen LogP contribution in [0.2, 0.25) is 0 Å². The Kier molecular flexibility index (Phi) is 2.79. The van der Waals surface area contributed by atoms with Gasteiger partial charge in [-0.2, -0.15) is 0 Å². The Labute approximate surface area is 82.9 Å². The first-order valence-electron chi connectivity index (χ1n) is 5.08. The van der Waals surface area contributed by atoms with E-state index in [9.17, 15) is 0 Å². The molecule has 1 aromatic heterocycles. The first-order valence-corrected chi connectivity index (χ1v) is 5.08. The van der Waals surface area contributed by atoms with Gasteiger partial charge in [-0.15, -0.1) is 10.2 Å². The van der Waals surface area contributed by atoms with Gasteiger partial charge in [0.1, 0.15) is 6.33 Å². The molecule has 1 fully saturated rings. The highest BCUT2D eigenvalue weighted by Gasteiger charge is 2.22. The number of hydrogen-bond donors (Lipinski definition) is 2. The van der Waals surface area contributed by atoms with Crippen LogP contribution in [0.25, 0.3) is 0 Å². The highest BCUT2D eigenvalue weighted by molar-refractivity contribution is 4.97. The van der Waals surface area contributed by atoms with Gasteiger partial charge in [0.2, 0.25) is 0 Å². The van der Waals surface area contributed by atoms with Gasteiger partial charge in [-0.05, 0) is 12.8 Å². The lowest BCUT2D eigenvalue weighted by atomic mass is 10.2. The molecule has 5 heteroatoms. The lowest BCUT2D eigenvalue weighted by Crippen LogP contribution is -2.21. The van der Waals surface area contributed by atoms with E-state index in [-0.39, 0.29) is 6.61 Å². The fourth-order valence-electron chi connectivity index (χ4n) is 2.06. The minimum absolute atomic E-state index is 0.0780. The van der Waals surface area contributed by atoms with Crippen molar-refractivity contribution >= 4 is 0 Å². The summed E-state index contributed by atoms with van der Waals surface area (Å²) in [6.45, 7) is -0.0780. The molecule has 1 atom stereocenters. The SMILES string of the molecule is NC(CO)c1nncn1C1CCCC1. The van der Waals surface area contributed by atoms with Gasteiger partial charge in [0.15, 0.2) is 5.82 Å². The normalized spacial score (nSPS) is 20.1. The van der Waals surface area contributed by atoms with Crippen LogP contribution >= 0.6 is 0 Å². The maximum Gasteiger partial charge on any atom is 0.152 e. The number of hydrogen-bond acceptors (Lipinski definition) is 4. The molecule has 1 unspecified atom stereocenters. The molecule has 1 aromatic rings. The van der Waals surface area contributed by atoms with Crippen molar-refractivity contribution in [3.63, 3.8) is 0 Å². The van der Waals surface area contributed by atoms with Gasteiger partial charge in [0, 0.05) is 6.04 Å². The van der Waals surface area contributed by atoms with Crippen molar-refractivity contribution in [3.8, 4) is 0 Å². The molecule has 1 saturated carbocycles. The molecule has 0 radical (unpaired) electrons. The van der Waals surface area contributed by atoms with Gasteiger partial charge in [-0.3, -0.25) is 0 Å². The molecule has 0 aliphatic heterocycles. The molecule has 1 aliphatic rings. The van der Waals surface area contributed by atoms with Crippen LogP contribution in [0.15, 0.2) is 6.33 Å². The van der Waals surface area contributed by atoms with Crippen LogP contribution < -0.4 is 5.73 Å². The summed E-state index contributed by atoms with van der Waals surface area (Å²) < 4.78 is 2.02. The highest BCUT2D eigenvalue weighted by atomic mass is 16.3. The van der Waals surface area contributed by atoms with E-state index in [1.807, 2.05) is 4.57 Å². The number of rotatable bonds is 3. The Bertz CT molecular complexity index is 293. The van der Waals surface area contributed by atoms with Crippen LogP contribution in [0.1, 0.15) is 43.6 Å². The predicted molar refractivity (Wildman–Crippen MR) is 51.5 cm³/mol. The van der Waals surface area contributed by atoms with E-state index in [1.54, 1.807) is 6.33 Å². The molecule has 0 amide bonds. The molecule has 0 spiro atoms. The number of aromatic nitrogens is 3. The summed E-state index contributed by atoms with van der Waals surface area (Å²) in [5, 5.41) is 16.8. The maximum absolute atomic E-state index is 8.97. The molecule has 1 aliphatic carbocycles. The van der Waals surface area contributed by atoms with Crippen LogP contribution in [-0.4, -0.2) is 26.5 Å². The zero-order valence-electron chi connectivity index (χ0n) is 8.13. The van der Waals surface area contributed by atoms with Gasteiger partial charge < -0.3 is 15.4 Å². The van der Waals surface area contributed by atoms with E-state index in [0.717, 1.165) is 0 Å². The van der Waals surface area contributed by atoms with Crippen LogP contribution in [0.3, 0.4) is 0 Å². The summed E-state index contributed by atoms with van der Waals surface area (Å²) in [4.78, 5) is 0. The third kappa shape index (κ3) is 1.65. The summed E-state index contributed by atoms with van der Waals surface area (Å²) in [7, 11) is 0. The molecule has 0 bridgehead atoms. The molecule has 78 valence electrons. The summed E-state index contributed by atoms with van der Waals surface area (Å²) in [5.74, 6) is 0.708. The van der Waals surface area contributed by atoms with Gasteiger partial charge in [0.25, 0.3) is 0 Å². The average molecular weight is 196 g/mol. The third-order valence-corrected chi connectivity index (χ3v) is 2.85. The van der Waals surface area contributed by atoms with Crippen molar-refractivity contribution in [1.82, 2.24) is 14.8 Å². The van der Waals surface area contributed by atoms with Crippen molar-refractivity contribution in [2.45, 2.75) is 37.8 Å². The van der Waals surface area contributed by atoms with Crippen molar-refractivity contribution < 1.29 is 5.11 Å². The van der Waals surface area contributed by atoms with E-state index in [2.05, 4.69) is 10.2 Å². The van der Waals surface area contributed by atoms with Gasteiger partial charge in [-0.25, -0.2) is 0 Å². The highest BCUT2D eigenvalue weighted by Crippen LogP contribution is 2.30. The minimum Gasteiger partial charge on any atom is -0.394 e. The lowest BCUT2D eigenvalue weighted by Gasteiger charge is -2.16. The van der Waals surface area contributed by atoms with Crippen LogP contribution in [0.5, 0.6) is 0 Å². The van der Waals surface area contributed by atoms with Gasteiger partial charge >= 0.3 is 0 Å². The predicted octanol–water partition coefficient (Wildman–Crippen LogP) is 0.385. The van der Waals surface area contributed by atoms with Crippen LogP contribution in [-0.2, 0) is 0 Å². The number of aliphatic hydroxyl groups is 1. The molecule has 3 N–H and O–H groups in total. The molecule has 1 heterocycles.